The number of halogens is 1. The van der Waals surface area contributed by atoms with Gasteiger partial charge in [-0.15, -0.1) is 11.3 Å². The minimum Gasteiger partial charge on any atom is -0.550 e. The molecule has 3 rings (SSSR count). The summed E-state index contributed by atoms with van der Waals surface area (Å²) in [7, 11) is 0. The van der Waals surface area contributed by atoms with Crippen LogP contribution in [-0.4, -0.2) is 15.9 Å². The van der Waals surface area contributed by atoms with Crippen molar-refractivity contribution in [3.8, 4) is 22.0 Å². The number of pyridine rings is 1. The minimum absolute atomic E-state index is 0.178. The summed E-state index contributed by atoms with van der Waals surface area (Å²) in [4.78, 5) is 20.4. The Balaban J connectivity index is 2.09. The van der Waals surface area contributed by atoms with Gasteiger partial charge in [0.15, 0.2) is 0 Å². The first-order valence-electron chi connectivity index (χ1n) is 6.50. The van der Waals surface area contributed by atoms with Crippen molar-refractivity contribution >= 4 is 28.9 Å². The maximum Gasteiger partial charge on any atom is 0.142 e. The maximum atomic E-state index is 11.0. The van der Waals surface area contributed by atoms with E-state index in [2.05, 4.69) is 9.97 Å². The van der Waals surface area contributed by atoms with E-state index in [9.17, 15) is 9.90 Å². The van der Waals surface area contributed by atoms with Gasteiger partial charge in [0, 0.05) is 34.1 Å². The molecule has 3 aromatic rings. The largest absolute Gasteiger partial charge is 0.550 e. The number of carboxylic acids is 1. The molecule has 0 saturated carbocycles. The molecule has 0 spiro atoms. The lowest BCUT2D eigenvalue weighted by Gasteiger charge is -2.03. The number of rotatable bonds is 4. The summed E-state index contributed by atoms with van der Waals surface area (Å²) < 4.78 is 0. The van der Waals surface area contributed by atoms with Crippen LogP contribution in [0.15, 0.2) is 48.7 Å². The lowest BCUT2D eigenvalue weighted by molar-refractivity contribution is -0.304. The zero-order valence-electron chi connectivity index (χ0n) is 11.3. The Bertz CT molecular complexity index is 801. The van der Waals surface area contributed by atoms with Gasteiger partial charge in [0.25, 0.3) is 0 Å². The summed E-state index contributed by atoms with van der Waals surface area (Å²) in [5.41, 5.74) is 2.16. The van der Waals surface area contributed by atoms with Crippen molar-refractivity contribution in [3.05, 3.63) is 58.6 Å². The Kier molecular flexibility index (Phi) is 4.18. The van der Waals surface area contributed by atoms with E-state index in [0.29, 0.717) is 26.3 Å². The molecule has 0 amide bonds. The number of aromatic nitrogens is 2. The standard InChI is InChI=1S/C16H11ClN2O2S/c17-11-6-4-10(5-7-11)15-13(9-14(20)21)22-16(19-15)12-3-1-2-8-18-12/h1-8H,9H2,(H,20,21)/p-1. The van der Waals surface area contributed by atoms with E-state index in [1.807, 2.05) is 30.3 Å². The highest BCUT2D eigenvalue weighted by Crippen LogP contribution is 2.33. The van der Waals surface area contributed by atoms with E-state index in [-0.39, 0.29) is 6.42 Å². The van der Waals surface area contributed by atoms with Gasteiger partial charge in [-0.05, 0) is 24.3 Å². The number of carboxylic acid groups (broad SMARTS) is 1. The Hall–Kier alpha value is -2.24. The van der Waals surface area contributed by atoms with Crippen molar-refractivity contribution in [1.29, 1.82) is 0 Å². The molecule has 0 aliphatic heterocycles. The van der Waals surface area contributed by atoms with Crippen LogP contribution in [0.2, 0.25) is 5.02 Å². The first-order valence-corrected chi connectivity index (χ1v) is 7.70. The van der Waals surface area contributed by atoms with Gasteiger partial charge in [-0.25, -0.2) is 4.98 Å². The first-order chi connectivity index (χ1) is 10.6. The quantitative estimate of drug-likeness (QED) is 0.738. The molecule has 4 nitrogen and oxygen atoms in total. The number of benzene rings is 1. The smallest absolute Gasteiger partial charge is 0.142 e. The number of hydrogen-bond donors (Lipinski definition) is 0. The lowest BCUT2D eigenvalue weighted by atomic mass is 10.1. The first kappa shape index (κ1) is 14.7. The number of thiazole rings is 1. The number of aliphatic carboxylic acids is 1. The Labute approximate surface area is 136 Å². The van der Waals surface area contributed by atoms with Gasteiger partial charge in [-0.1, -0.05) is 29.8 Å². The summed E-state index contributed by atoms with van der Waals surface area (Å²) in [5, 5.41) is 12.3. The van der Waals surface area contributed by atoms with Gasteiger partial charge in [-0.2, -0.15) is 0 Å². The second-order valence-electron chi connectivity index (χ2n) is 4.56. The van der Waals surface area contributed by atoms with Crippen LogP contribution in [0.5, 0.6) is 0 Å². The van der Waals surface area contributed by atoms with Crippen molar-refractivity contribution in [2.24, 2.45) is 0 Å². The molecule has 0 saturated heterocycles. The third-order valence-electron chi connectivity index (χ3n) is 3.00. The zero-order valence-corrected chi connectivity index (χ0v) is 12.9. The van der Waals surface area contributed by atoms with Crippen molar-refractivity contribution in [2.75, 3.05) is 0 Å². The molecule has 0 bridgehead atoms. The Morgan fingerprint density at radius 3 is 2.59 bits per heavy atom. The van der Waals surface area contributed by atoms with E-state index in [1.165, 1.54) is 11.3 Å². The molecule has 0 unspecified atom stereocenters. The van der Waals surface area contributed by atoms with Crippen molar-refractivity contribution in [3.63, 3.8) is 0 Å². The van der Waals surface area contributed by atoms with Crippen LogP contribution in [0.25, 0.3) is 22.0 Å². The van der Waals surface area contributed by atoms with Crippen molar-refractivity contribution in [1.82, 2.24) is 9.97 Å². The van der Waals surface area contributed by atoms with E-state index in [0.717, 1.165) is 5.56 Å². The fourth-order valence-electron chi connectivity index (χ4n) is 2.03. The summed E-state index contributed by atoms with van der Waals surface area (Å²) in [6.07, 6.45) is 1.50. The monoisotopic (exact) mass is 329 g/mol. The molecule has 2 heterocycles. The van der Waals surface area contributed by atoms with Crippen molar-refractivity contribution < 1.29 is 9.90 Å². The van der Waals surface area contributed by atoms with E-state index < -0.39 is 5.97 Å². The summed E-state index contributed by atoms with van der Waals surface area (Å²) in [6.45, 7) is 0. The van der Waals surface area contributed by atoms with Gasteiger partial charge in [0.2, 0.25) is 0 Å². The van der Waals surface area contributed by atoms with E-state index in [4.69, 9.17) is 11.6 Å². The molecular weight excluding hydrogens is 320 g/mol. The number of carbonyl (C=O) groups excluding carboxylic acids is 1. The maximum absolute atomic E-state index is 11.0. The molecule has 2 aromatic heterocycles. The van der Waals surface area contributed by atoms with Gasteiger partial charge >= 0.3 is 0 Å². The number of carbonyl (C=O) groups is 1. The molecule has 0 fully saturated rings. The predicted molar refractivity (Wildman–Crippen MR) is 84.5 cm³/mol. The van der Waals surface area contributed by atoms with Crippen LogP contribution in [-0.2, 0) is 11.2 Å². The molecular formula is C16H10ClN2O2S-. The predicted octanol–water partition coefficient (Wildman–Crippen LogP) is 2.82. The van der Waals surface area contributed by atoms with Gasteiger partial charge in [0.05, 0.1) is 11.4 Å². The number of hydrogen-bond acceptors (Lipinski definition) is 5. The molecule has 0 atom stereocenters. The molecule has 0 aliphatic rings. The molecule has 110 valence electrons. The van der Waals surface area contributed by atoms with Gasteiger partial charge in [-0.3, -0.25) is 4.98 Å². The second-order valence-corrected chi connectivity index (χ2v) is 6.08. The highest BCUT2D eigenvalue weighted by Gasteiger charge is 2.15. The summed E-state index contributed by atoms with van der Waals surface area (Å²) in [5.74, 6) is -1.13. The lowest BCUT2D eigenvalue weighted by Crippen LogP contribution is -2.24. The topological polar surface area (TPSA) is 65.9 Å². The molecule has 0 radical (unpaired) electrons. The van der Waals surface area contributed by atoms with Crippen molar-refractivity contribution in [2.45, 2.75) is 6.42 Å². The van der Waals surface area contributed by atoms with Crippen LogP contribution in [0.3, 0.4) is 0 Å². The van der Waals surface area contributed by atoms with Crippen LogP contribution < -0.4 is 5.11 Å². The molecule has 1 aromatic carbocycles. The van der Waals surface area contributed by atoms with Gasteiger partial charge < -0.3 is 9.90 Å². The van der Waals surface area contributed by atoms with Gasteiger partial charge in [0.1, 0.15) is 5.01 Å². The normalized spacial score (nSPS) is 10.6. The second kappa shape index (κ2) is 6.25. The molecule has 6 heteroatoms. The summed E-state index contributed by atoms with van der Waals surface area (Å²) >= 11 is 7.20. The fourth-order valence-corrected chi connectivity index (χ4v) is 3.21. The molecule has 0 aliphatic carbocycles. The highest BCUT2D eigenvalue weighted by atomic mass is 35.5. The highest BCUT2D eigenvalue weighted by molar-refractivity contribution is 7.15. The van der Waals surface area contributed by atoms with Crippen LogP contribution >= 0.6 is 22.9 Å². The zero-order chi connectivity index (χ0) is 15.5. The Morgan fingerprint density at radius 2 is 1.95 bits per heavy atom. The average Bonchev–Trinajstić information content (AvgIpc) is 2.92. The average molecular weight is 330 g/mol. The van der Waals surface area contributed by atoms with Crippen LogP contribution in [0.1, 0.15) is 4.88 Å². The van der Waals surface area contributed by atoms with Crippen LogP contribution in [0, 0.1) is 0 Å². The molecule has 22 heavy (non-hydrogen) atoms. The minimum atomic E-state index is -1.13. The summed E-state index contributed by atoms with van der Waals surface area (Å²) in [6, 6.07) is 12.7. The SMILES string of the molecule is O=C([O-])Cc1sc(-c2ccccn2)nc1-c1ccc(Cl)cc1. The number of nitrogens with zero attached hydrogens (tertiary/aromatic N) is 2. The Morgan fingerprint density at radius 1 is 1.18 bits per heavy atom. The fraction of sp³-hybridized carbons (Fsp3) is 0.0625. The van der Waals surface area contributed by atoms with Crippen LogP contribution in [0.4, 0.5) is 0 Å². The van der Waals surface area contributed by atoms with E-state index in [1.54, 1.807) is 18.3 Å². The third kappa shape index (κ3) is 3.16. The third-order valence-corrected chi connectivity index (χ3v) is 4.33. The molecule has 0 N–H and O–H groups in total. The van der Waals surface area contributed by atoms with E-state index >= 15 is 0 Å².